The number of aryl methyl sites for hydroxylation is 1. The zero-order valence-electron chi connectivity index (χ0n) is 15.4. The molecule has 0 amide bonds. The first kappa shape index (κ1) is 24.0. The summed E-state index contributed by atoms with van der Waals surface area (Å²) in [4.78, 5) is 11.4. The van der Waals surface area contributed by atoms with Gasteiger partial charge in [-0.15, -0.1) is 0 Å². The van der Waals surface area contributed by atoms with Gasteiger partial charge in [0.1, 0.15) is 5.56 Å². The van der Waals surface area contributed by atoms with E-state index in [9.17, 15) is 39.9 Å². The van der Waals surface area contributed by atoms with Crippen LogP contribution in [0.3, 0.4) is 0 Å². The predicted octanol–water partition coefficient (Wildman–Crippen LogP) is 5.98. The van der Waals surface area contributed by atoms with Gasteiger partial charge in [-0.25, -0.2) is 9.36 Å². The summed E-state index contributed by atoms with van der Waals surface area (Å²) < 4.78 is 107. The number of halogens is 10. The van der Waals surface area contributed by atoms with E-state index in [4.69, 9.17) is 23.2 Å². The average Bonchev–Trinajstić information content (AvgIpc) is 3.25. The van der Waals surface area contributed by atoms with E-state index >= 15 is 0 Å². The van der Waals surface area contributed by atoms with E-state index in [1.807, 2.05) is 0 Å². The van der Waals surface area contributed by atoms with Crippen LogP contribution in [0.4, 0.5) is 35.1 Å². The van der Waals surface area contributed by atoms with Gasteiger partial charge in [-0.3, -0.25) is 4.79 Å². The fourth-order valence-electron chi connectivity index (χ4n) is 2.84. The zero-order valence-corrected chi connectivity index (χ0v) is 16.9. The second kappa shape index (κ2) is 7.73. The van der Waals surface area contributed by atoms with Crippen molar-refractivity contribution in [2.45, 2.75) is 18.3 Å². The summed E-state index contributed by atoms with van der Waals surface area (Å²) in [6.45, 7) is 0. The number of carbonyl (C=O) groups is 1. The van der Waals surface area contributed by atoms with Crippen LogP contribution < -0.4 is 0 Å². The van der Waals surface area contributed by atoms with Gasteiger partial charge in [0.05, 0.1) is 16.8 Å². The maximum atomic E-state index is 13.8. The summed E-state index contributed by atoms with van der Waals surface area (Å²) in [7, 11) is 0.758. The molecule has 1 aromatic carbocycles. The maximum absolute atomic E-state index is 13.8. The molecule has 3 aromatic rings. The molecule has 172 valence electrons. The largest absolute Gasteiger partial charge is 0.459 e. The lowest BCUT2D eigenvalue weighted by atomic mass is 10.1. The molecule has 15 heteroatoms. The van der Waals surface area contributed by atoms with Crippen molar-refractivity contribution in [3.8, 4) is 16.9 Å². The molecule has 0 bridgehead atoms. The van der Waals surface area contributed by atoms with E-state index in [1.54, 1.807) is 0 Å². The van der Waals surface area contributed by atoms with Crippen molar-refractivity contribution in [2.24, 2.45) is 7.05 Å². The minimum absolute atomic E-state index is 0.00819. The number of aromatic nitrogens is 4. The van der Waals surface area contributed by atoms with E-state index in [-0.39, 0.29) is 26.4 Å². The molecule has 32 heavy (non-hydrogen) atoms. The van der Waals surface area contributed by atoms with E-state index in [2.05, 4.69) is 10.2 Å². The second-order valence-corrected chi connectivity index (χ2v) is 7.13. The normalized spacial score (nSPS) is 13.0. The van der Waals surface area contributed by atoms with Crippen molar-refractivity contribution in [1.82, 2.24) is 19.6 Å². The Bertz CT molecular complexity index is 1200. The van der Waals surface area contributed by atoms with Gasteiger partial charge in [0.2, 0.25) is 0 Å². The molecule has 0 atom stereocenters. The fourth-order valence-corrected chi connectivity index (χ4v) is 3.24. The average molecular weight is 507 g/mol. The van der Waals surface area contributed by atoms with Gasteiger partial charge < -0.3 is 0 Å². The smallest absolute Gasteiger partial charge is 0.276 e. The number of hydrogen-bond donors (Lipinski definition) is 0. The van der Waals surface area contributed by atoms with Gasteiger partial charge in [0.15, 0.2) is 11.5 Å². The molecular weight excluding hydrogens is 499 g/mol. The summed E-state index contributed by atoms with van der Waals surface area (Å²) in [5.74, 6) is -7.05. The molecule has 3 rings (SSSR count). The summed E-state index contributed by atoms with van der Waals surface area (Å²) >= 11 is 11.2. The van der Waals surface area contributed by atoms with E-state index < -0.39 is 40.6 Å². The Morgan fingerprint density at radius 1 is 1.03 bits per heavy atom. The van der Waals surface area contributed by atoms with Gasteiger partial charge in [0.25, 0.3) is 5.24 Å². The van der Waals surface area contributed by atoms with Crippen molar-refractivity contribution in [1.29, 1.82) is 0 Å². The first-order valence-electron chi connectivity index (χ1n) is 8.19. The number of alkyl halides is 8. The molecule has 2 aromatic heterocycles. The lowest BCUT2D eigenvalue weighted by Gasteiger charge is -2.19. The van der Waals surface area contributed by atoms with Gasteiger partial charge in [0, 0.05) is 18.8 Å². The quantitative estimate of drug-likeness (QED) is 0.323. The lowest BCUT2D eigenvalue weighted by Crippen LogP contribution is -2.36. The van der Waals surface area contributed by atoms with Gasteiger partial charge >= 0.3 is 18.3 Å². The van der Waals surface area contributed by atoms with Crippen LogP contribution in [0.15, 0.2) is 30.6 Å². The Kier molecular flexibility index (Phi) is 5.79. The van der Waals surface area contributed by atoms with Crippen molar-refractivity contribution in [2.75, 3.05) is 0 Å². The SMILES string of the molecule is Cn1nc(C(F)(F)C(F)(F)F)c(C(F)(F)F)c1-n1cc(-c2ccc(Cl)c(C(=O)Cl)c2)cn1. The Balaban J connectivity index is 2.20. The number of nitrogens with zero attached hydrogens (tertiary/aromatic N) is 4. The number of rotatable bonds is 4. The Morgan fingerprint density at radius 2 is 1.66 bits per heavy atom. The molecular formula is C17H8Cl2F8N4O. The molecule has 0 aliphatic rings. The maximum Gasteiger partial charge on any atom is 0.459 e. The molecule has 0 N–H and O–H groups in total. The highest BCUT2D eigenvalue weighted by Crippen LogP contribution is 2.49. The number of carbonyl (C=O) groups excluding carboxylic acids is 1. The Hall–Kier alpha value is -2.67. The van der Waals surface area contributed by atoms with Crippen LogP contribution in [0.2, 0.25) is 5.02 Å². The number of benzene rings is 1. The molecule has 5 nitrogen and oxygen atoms in total. The molecule has 0 radical (unpaired) electrons. The third-order valence-corrected chi connectivity index (χ3v) is 4.80. The van der Waals surface area contributed by atoms with Crippen molar-refractivity contribution < 1.29 is 39.9 Å². The molecule has 0 aliphatic carbocycles. The Morgan fingerprint density at radius 3 is 2.19 bits per heavy atom. The van der Waals surface area contributed by atoms with E-state index in [0.717, 1.165) is 19.4 Å². The van der Waals surface area contributed by atoms with Gasteiger partial charge in [-0.2, -0.15) is 45.3 Å². The van der Waals surface area contributed by atoms with Gasteiger partial charge in [-0.05, 0) is 29.3 Å². The third-order valence-electron chi connectivity index (χ3n) is 4.26. The lowest BCUT2D eigenvalue weighted by molar-refractivity contribution is -0.292. The van der Waals surface area contributed by atoms with Crippen LogP contribution in [0.5, 0.6) is 0 Å². The molecule has 0 aliphatic heterocycles. The van der Waals surface area contributed by atoms with Crippen molar-refractivity contribution in [3.05, 3.63) is 52.4 Å². The number of hydrogen-bond acceptors (Lipinski definition) is 3. The van der Waals surface area contributed by atoms with E-state index in [0.29, 0.717) is 4.68 Å². The summed E-state index contributed by atoms with van der Waals surface area (Å²) in [5.41, 5.74) is -4.64. The van der Waals surface area contributed by atoms with Gasteiger partial charge in [-0.1, -0.05) is 17.7 Å². The van der Waals surface area contributed by atoms with Crippen LogP contribution in [0.1, 0.15) is 21.6 Å². The second-order valence-electron chi connectivity index (χ2n) is 6.38. The predicted molar refractivity (Wildman–Crippen MR) is 95.9 cm³/mol. The topological polar surface area (TPSA) is 52.7 Å². The molecule has 2 heterocycles. The van der Waals surface area contributed by atoms with Crippen LogP contribution in [0.25, 0.3) is 16.9 Å². The molecule has 0 fully saturated rings. The first-order chi connectivity index (χ1) is 14.6. The highest BCUT2D eigenvalue weighted by Gasteiger charge is 2.64. The minimum Gasteiger partial charge on any atom is -0.276 e. The van der Waals surface area contributed by atoms with Crippen LogP contribution in [-0.2, 0) is 19.1 Å². The third kappa shape index (κ3) is 4.06. The molecule has 0 saturated heterocycles. The summed E-state index contributed by atoms with van der Waals surface area (Å²) in [6.07, 6.45) is -10.0. The van der Waals surface area contributed by atoms with Crippen LogP contribution in [0, 0.1) is 0 Å². The molecule has 0 spiro atoms. The fraction of sp³-hybridized carbons (Fsp3) is 0.235. The van der Waals surface area contributed by atoms with Crippen LogP contribution in [-0.4, -0.2) is 31.0 Å². The van der Waals surface area contributed by atoms with Crippen molar-refractivity contribution >= 4 is 28.4 Å². The van der Waals surface area contributed by atoms with Crippen molar-refractivity contribution in [3.63, 3.8) is 0 Å². The molecule has 0 unspecified atom stereocenters. The monoisotopic (exact) mass is 506 g/mol. The Labute approximate surface area is 183 Å². The highest BCUT2D eigenvalue weighted by molar-refractivity contribution is 6.68. The highest BCUT2D eigenvalue weighted by atomic mass is 35.5. The van der Waals surface area contributed by atoms with E-state index in [1.165, 1.54) is 18.2 Å². The van der Waals surface area contributed by atoms with Crippen LogP contribution >= 0.6 is 23.2 Å². The minimum atomic E-state index is -6.32. The summed E-state index contributed by atoms with van der Waals surface area (Å²) in [6, 6.07) is 3.84. The zero-order chi connectivity index (χ0) is 24.2. The summed E-state index contributed by atoms with van der Waals surface area (Å²) in [5, 5.41) is 5.51. The first-order valence-corrected chi connectivity index (χ1v) is 8.95. The standard InChI is InChI=1S/C17H8Cl2F8N4O/c1-30-14(11(16(22,23)24)12(29-30)15(20,21)17(25,26)27)31-6-8(5-28-31)7-2-3-10(18)9(4-7)13(19)32/h2-6H,1H3. The molecule has 0 saturated carbocycles.